The van der Waals surface area contributed by atoms with Crippen LogP contribution < -0.4 is 10.6 Å². The lowest BCUT2D eigenvalue weighted by Crippen LogP contribution is -2.51. The van der Waals surface area contributed by atoms with Crippen molar-refractivity contribution in [3.8, 4) is 0 Å². The minimum atomic E-state index is -0.891. The number of hydrogen-bond acceptors (Lipinski definition) is 4. The van der Waals surface area contributed by atoms with Crippen LogP contribution in [-0.2, 0) is 14.3 Å². The Morgan fingerprint density at radius 2 is 1.85 bits per heavy atom. The topological polar surface area (TPSA) is 105 Å². The number of carboxylic acid groups (broad SMARTS) is 1. The average Bonchev–Trinajstić information content (AvgIpc) is 2.62. The number of methoxy groups -OCH3 is 1. The number of rotatable bonds is 4. The van der Waals surface area contributed by atoms with Gasteiger partial charge in [0.2, 0.25) is 0 Å². The number of esters is 1. The smallest absolute Gasteiger partial charge is 0.328 e. The van der Waals surface area contributed by atoms with Crippen LogP contribution in [0.4, 0.5) is 4.79 Å². The Kier molecular flexibility index (Phi) is 6.27. The van der Waals surface area contributed by atoms with Gasteiger partial charge in [0.15, 0.2) is 0 Å². The summed E-state index contributed by atoms with van der Waals surface area (Å²) in [6.07, 6.45) is 3.92. The number of amides is 2. The zero-order valence-electron chi connectivity index (χ0n) is 11.8. The number of carbonyl (C=O) groups excluding carboxylic acids is 2. The van der Waals surface area contributed by atoms with Gasteiger partial charge in [0, 0.05) is 6.04 Å². The predicted octanol–water partition coefficient (Wildman–Crippen LogP) is 0.881. The minimum Gasteiger partial charge on any atom is -0.481 e. The summed E-state index contributed by atoms with van der Waals surface area (Å²) in [6.45, 7) is 1.51. The van der Waals surface area contributed by atoms with Crippen LogP contribution in [0.2, 0.25) is 0 Å². The van der Waals surface area contributed by atoms with Gasteiger partial charge in [-0.05, 0) is 19.8 Å². The Morgan fingerprint density at radius 3 is 2.45 bits per heavy atom. The van der Waals surface area contributed by atoms with Crippen molar-refractivity contribution in [1.82, 2.24) is 10.6 Å². The van der Waals surface area contributed by atoms with Crippen molar-refractivity contribution in [2.24, 2.45) is 5.92 Å². The van der Waals surface area contributed by atoms with Crippen LogP contribution in [0.5, 0.6) is 0 Å². The second kappa shape index (κ2) is 7.72. The number of urea groups is 1. The van der Waals surface area contributed by atoms with Crippen LogP contribution in [0.15, 0.2) is 0 Å². The van der Waals surface area contributed by atoms with E-state index in [0.717, 1.165) is 19.3 Å². The molecule has 0 saturated heterocycles. The van der Waals surface area contributed by atoms with Gasteiger partial charge in [0.25, 0.3) is 0 Å². The van der Waals surface area contributed by atoms with E-state index in [1.165, 1.54) is 14.0 Å². The van der Waals surface area contributed by atoms with E-state index in [4.69, 9.17) is 0 Å². The highest BCUT2D eigenvalue weighted by Crippen LogP contribution is 2.23. The Labute approximate surface area is 118 Å². The minimum absolute atomic E-state index is 0.403. The summed E-state index contributed by atoms with van der Waals surface area (Å²) < 4.78 is 4.51. The van der Waals surface area contributed by atoms with Crippen molar-refractivity contribution in [3.63, 3.8) is 0 Å². The van der Waals surface area contributed by atoms with Gasteiger partial charge in [0.1, 0.15) is 6.04 Å². The summed E-state index contributed by atoms with van der Waals surface area (Å²) in [4.78, 5) is 34.2. The van der Waals surface area contributed by atoms with Gasteiger partial charge in [-0.1, -0.05) is 19.3 Å². The predicted molar refractivity (Wildman–Crippen MR) is 71.1 cm³/mol. The van der Waals surface area contributed by atoms with E-state index in [0.29, 0.717) is 12.8 Å². The lowest BCUT2D eigenvalue weighted by Gasteiger charge is -2.23. The molecule has 0 radical (unpaired) electrons. The molecule has 0 aromatic heterocycles. The Bertz CT molecular complexity index is 372. The van der Waals surface area contributed by atoms with E-state index in [-0.39, 0.29) is 0 Å². The number of carbonyl (C=O) groups is 3. The third-order valence-corrected chi connectivity index (χ3v) is 3.55. The zero-order valence-corrected chi connectivity index (χ0v) is 11.8. The van der Waals surface area contributed by atoms with Gasteiger partial charge < -0.3 is 20.5 Å². The lowest BCUT2D eigenvalue weighted by atomic mass is 9.95. The molecule has 0 aromatic carbocycles. The summed E-state index contributed by atoms with van der Waals surface area (Å²) in [6, 6.07) is -1.71. The van der Waals surface area contributed by atoms with Gasteiger partial charge in [-0.25, -0.2) is 9.59 Å². The molecule has 2 amide bonds. The molecule has 1 saturated carbocycles. The van der Waals surface area contributed by atoms with Gasteiger partial charge in [0.05, 0.1) is 13.0 Å². The monoisotopic (exact) mass is 286 g/mol. The molecule has 7 heteroatoms. The maximum absolute atomic E-state index is 11.8. The second-order valence-corrected chi connectivity index (χ2v) is 5.05. The van der Waals surface area contributed by atoms with E-state index in [2.05, 4.69) is 15.4 Å². The molecule has 20 heavy (non-hydrogen) atoms. The number of ether oxygens (including phenoxy) is 1. The molecule has 1 rings (SSSR count). The first-order valence-electron chi connectivity index (χ1n) is 6.83. The van der Waals surface area contributed by atoms with E-state index >= 15 is 0 Å². The lowest BCUT2D eigenvalue weighted by molar-refractivity contribution is -0.143. The van der Waals surface area contributed by atoms with Gasteiger partial charge in [-0.15, -0.1) is 0 Å². The summed E-state index contributed by atoms with van der Waals surface area (Å²) in [5.41, 5.74) is 0. The fourth-order valence-electron chi connectivity index (χ4n) is 2.42. The van der Waals surface area contributed by atoms with Crippen molar-refractivity contribution in [3.05, 3.63) is 0 Å². The number of carboxylic acids is 1. The quantitative estimate of drug-likeness (QED) is 0.525. The number of hydrogen-bond donors (Lipinski definition) is 3. The average molecular weight is 286 g/mol. The molecule has 1 aliphatic rings. The Morgan fingerprint density at radius 1 is 1.20 bits per heavy atom. The molecular formula is C13H22N2O5. The normalized spacial score (nSPS) is 24.1. The molecule has 0 aromatic rings. The largest absolute Gasteiger partial charge is 0.481 e. The third-order valence-electron chi connectivity index (χ3n) is 3.55. The first-order chi connectivity index (χ1) is 9.45. The molecule has 1 fully saturated rings. The van der Waals surface area contributed by atoms with E-state index in [1.807, 2.05) is 0 Å². The first kappa shape index (κ1) is 16.3. The maximum atomic E-state index is 11.8. The maximum Gasteiger partial charge on any atom is 0.328 e. The molecule has 0 aliphatic heterocycles. The van der Waals surface area contributed by atoms with Crippen LogP contribution in [0.1, 0.15) is 39.0 Å². The fraction of sp³-hybridized carbons (Fsp3) is 0.769. The van der Waals surface area contributed by atoms with E-state index < -0.39 is 36.0 Å². The van der Waals surface area contributed by atoms with Crippen LogP contribution >= 0.6 is 0 Å². The van der Waals surface area contributed by atoms with Gasteiger partial charge in [-0.2, -0.15) is 0 Å². The van der Waals surface area contributed by atoms with Crippen LogP contribution in [0, 0.1) is 5.92 Å². The molecule has 114 valence electrons. The summed E-state index contributed by atoms with van der Waals surface area (Å²) in [5, 5.41) is 14.3. The Balaban J connectivity index is 2.57. The molecule has 3 unspecified atom stereocenters. The zero-order chi connectivity index (χ0) is 15.1. The summed E-state index contributed by atoms with van der Waals surface area (Å²) >= 11 is 0. The molecule has 3 atom stereocenters. The highest BCUT2D eigenvalue weighted by Gasteiger charge is 2.31. The van der Waals surface area contributed by atoms with Crippen molar-refractivity contribution in [2.75, 3.05) is 7.11 Å². The van der Waals surface area contributed by atoms with E-state index in [1.54, 1.807) is 0 Å². The van der Waals surface area contributed by atoms with Gasteiger partial charge >= 0.3 is 18.0 Å². The van der Waals surface area contributed by atoms with Crippen LogP contribution in [0.25, 0.3) is 0 Å². The summed E-state index contributed by atoms with van der Waals surface area (Å²) in [5.74, 6) is -2.01. The standard InChI is InChI=1S/C13H22N2O5/c1-8(12(18)20-2)14-13(19)15-10-7-5-3-4-6-9(10)11(16)17/h8-10H,3-7H2,1-2H3,(H,16,17)(H2,14,15,19). The SMILES string of the molecule is COC(=O)C(C)NC(=O)NC1CCCCCC1C(=O)O. The molecule has 7 nitrogen and oxygen atoms in total. The number of nitrogens with one attached hydrogen (secondary N) is 2. The van der Waals surface area contributed by atoms with Crippen LogP contribution in [0.3, 0.4) is 0 Å². The highest BCUT2D eigenvalue weighted by molar-refractivity contribution is 5.83. The molecule has 1 aliphatic carbocycles. The van der Waals surface area contributed by atoms with Crippen molar-refractivity contribution >= 4 is 18.0 Å². The van der Waals surface area contributed by atoms with Crippen molar-refractivity contribution < 1.29 is 24.2 Å². The third kappa shape index (κ3) is 4.71. The number of aliphatic carboxylic acids is 1. The first-order valence-corrected chi connectivity index (χ1v) is 6.83. The second-order valence-electron chi connectivity index (χ2n) is 5.05. The molecule has 3 N–H and O–H groups in total. The van der Waals surface area contributed by atoms with Crippen molar-refractivity contribution in [1.29, 1.82) is 0 Å². The molecular weight excluding hydrogens is 264 g/mol. The van der Waals surface area contributed by atoms with Crippen molar-refractivity contribution in [2.45, 2.75) is 51.1 Å². The highest BCUT2D eigenvalue weighted by atomic mass is 16.5. The fourth-order valence-corrected chi connectivity index (χ4v) is 2.42. The molecule has 0 heterocycles. The molecule has 0 spiro atoms. The van der Waals surface area contributed by atoms with Gasteiger partial charge in [-0.3, -0.25) is 4.79 Å². The van der Waals surface area contributed by atoms with Crippen LogP contribution in [-0.4, -0.2) is 42.3 Å². The summed E-state index contributed by atoms with van der Waals surface area (Å²) in [7, 11) is 1.24. The molecule has 0 bridgehead atoms. The Hall–Kier alpha value is -1.79. The van der Waals surface area contributed by atoms with E-state index in [9.17, 15) is 19.5 Å².